The minimum absolute atomic E-state index is 0.126. The third kappa shape index (κ3) is 2.16. The number of rotatable bonds is 1. The molecule has 0 spiro atoms. The first-order chi connectivity index (χ1) is 9.01. The maximum atomic E-state index is 12.7. The van der Waals surface area contributed by atoms with E-state index in [0.717, 1.165) is 31.7 Å². The van der Waals surface area contributed by atoms with E-state index in [2.05, 4.69) is 13.8 Å². The monoisotopic (exact) mass is 282 g/mol. The highest BCUT2D eigenvalue weighted by Gasteiger charge is 2.53. The summed E-state index contributed by atoms with van der Waals surface area (Å²) in [6, 6.07) is -0.213. The van der Waals surface area contributed by atoms with Crippen LogP contribution in [0.25, 0.3) is 0 Å². The number of thioether (sulfide) groups is 1. The molecule has 0 aromatic heterocycles. The van der Waals surface area contributed by atoms with Gasteiger partial charge in [-0.15, -0.1) is 11.8 Å². The molecule has 0 aliphatic carbocycles. The highest BCUT2D eigenvalue weighted by molar-refractivity contribution is 8.01. The molecule has 3 saturated heterocycles. The van der Waals surface area contributed by atoms with E-state index in [4.69, 9.17) is 0 Å². The summed E-state index contributed by atoms with van der Waals surface area (Å²) in [6.07, 6.45) is 3.79. The van der Waals surface area contributed by atoms with Crippen molar-refractivity contribution in [3.63, 3.8) is 0 Å². The minimum atomic E-state index is -0.213. The van der Waals surface area contributed by atoms with Gasteiger partial charge in [0, 0.05) is 25.3 Å². The van der Waals surface area contributed by atoms with Crippen molar-refractivity contribution in [3.05, 3.63) is 0 Å². The zero-order valence-electron chi connectivity index (χ0n) is 11.7. The van der Waals surface area contributed by atoms with Crippen LogP contribution < -0.4 is 0 Å². The fourth-order valence-corrected chi connectivity index (χ4v) is 5.03. The molecule has 106 valence electrons. The van der Waals surface area contributed by atoms with E-state index in [1.54, 1.807) is 11.8 Å². The van der Waals surface area contributed by atoms with Gasteiger partial charge >= 0.3 is 0 Å². The van der Waals surface area contributed by atoms with Gasteiger partial charge < -0.3 is 9.80 Å². The van der Waals surface area contributed by atoms with Gasteiger partial charge in [-0.05, 0) is 32.1 Å². The Labute approximate surface area is 118 Å². The second-order valence-electron chi connectivity index (χ2n) is 6.30. The van der Waals surface area contributed by atoms with Crippen LogP contribution in [0.5, 0.6) is 0 Å². The molecule has 0 bridgehead atoms. The molecular weight excluding hydrogens is 260 g/mol. The Morgan fingerprint density at radius 3 is 3.00 bits per heavy atom. The number of hydrogen-bond acceptors (Lipinski definition) is 3. The van der Waals surface area contributed by atoms with Crippen LogP contribution in [0.1, 0.15) is 39.5 Å². The largest absolute Gasteiger partial charge is 0.341 e. The second kappa shape index (κ2) is 4.69. The van der Waals surface area contributed by atoms with Crippen LogP contribution >= 0.6 is 11.8 Å². The van der Waals surface area contributed by atoms with Crippen molar-refractivity contribution in [3.8, 4) is 0 Å². The van der Waals surface area contributed by atoms with Crippen molar-refractivity contribution in [2.45, 2.75) is 50.4 Å². The highest BCUT2D eigenvalue weighted by atomic mass is 32.2. The molecule has 3 rings (SSSR count). The molecule has 19 heavy (non-hydrogen) atoms. The quantitative estimate of drug-likeness (QED) is 0.735. The van der Waals surface area contributed by atoms with Crippen molar-refractivity contribution in [1.29, 1.82) is 0 Å². The summed E-state index contributed by atoms with van der Waals surface area (Å²) in [6.45, 7) is 6.03. The van der Waals surface area contributed by atoms with E-state index in [1.165, 1.54) is 6.42 Å². The van der Waals surface area contributed by atoms with Crippen LogP contribution in [0.15, 0.2) is 0 Å². The number of carbonyl (C=O) groups excluding carboxylic acids is 2. The van der Waals surface area contributed by atoms with Crippen LogP contribution in [0.4, 0.5) is 0 Å². The average Bonchev–Trinajstić information content (AvgIpc) is 2.86. The number of piperidine rings is 1. The van der Waals surface area contributed by atoms with E-state index >= 15 is 0 Å². The first-order valence-corrected chi connectivity index (χ1v) is 8.25. The van der Waals surface area contributed by atoms with Crippen molar-refractivity contribution < 1.29 is 9.59 Å². The van der Waals surface area contributed by atoms with E-state index < -0.39 is 0 Å². The Bertz CT molecular complexity index is 414. The lowest BCUT2D eigenvalue weighted by Gasteiger charge is -2.36. The normalized spacial score (nSPS) is 38.7. The number of hydrogen-bond donors (Lipinski definition) is 0. The van der Waals surface area contributed by atoms with Crippen LogP contribution in [-0.4, -0.2) is 51.4 Å². The molecule has 3 aliphatic rings. The molecule has 5 heteroatoms. The number of likely N-dealkylation sites (tertiary alicyclic amines) is 1. The lowest BCUT2D eigenvalue weighted by molar-refractivity contribution is -0.144. The van der Waals surface area contributed by atoms with E-state index in [-0.39, 0.29) is 22.7 Å². The zero-order valence-corrected chi connectivity index (χ0v) is 12.5. The number of nitrogens with zero attached hydrogens (tertiary/aromatic N) is 2. The number of carbonyl (C=O) groups is 2. The third-order valence-corrected chi connectivity index (χ3v) is 6.20. The molecule has 3 fully saturated rings. The van der Waals surface area contributed by atoms with Crippen molar-refractivity contribution in [1.82, 2.24) is 9.80 Å². The SMILES string of the molecule is CC1CCCN(C(=O)C2CSC3(C)CCC(=O)N23)C1. The van der Waals surface area contributed by atoms with Crippen LogP contribution in [0.2, 0.25) is 0 Å². The summed E-state index contributed by atoms with van der Waals surface area (Å²) < 4.78 is 0. The highest BCUT2D eigenvalue weighted by Crippen LogP contribution is 2.47. The predicted molar refractivity (Wildman–Crippen MR) is 75.7 cm³/mol. The smallest absolute Gasteiger partial charge is 0.246 e. The third-order valence-electron chi connectivity index (χ3n) is 4.70. The van der Waals surface area contributed by atoms with E-state index in [1.807, 2.05) is 9.80 Å². The molecule has 2 amide bonds. The zero-order chi connectivity index (χ0) is 13.6. The van der Waals surface area contributed by atoms with Gasteiger partial charge in [-0.2, -0.15) is 0 Å². The van der Waals surface area contributed by atoms with Crippen LogP contribution in [-0.2, 0) is 9.59 Å². The molecule has 0 N–H and O–H groups in total. The Kier molecular flexibility index (Phi) is 3.28. The van der Waals surface area contributed by atoms with Crippen molar-refractivity contribution >= 4 is 23.6 Å². The summed E-state index contributed by atoms with van der Waals surface area (Å²) in [5.41, 5.74) is 0. The van der Waals surface area contributed by atoms with Gasteiger partial charge in [0.25, 0.3) is 0 Å². The lowest BCUT2D eigenvalue weighted by Crippen LogP contribution is -2.53. The van der Waals surface area contributed by atoms with Gasteiger partial charge in [-0.3, -0.25) is 9.59 Å². The van der Waals surface area contributed by atoms with Crippen LogP contribution in [0, 0.1) is 5.92 Å². The van der Waals surface area contributed by atoms with Crippen molar-refractivity contribution in [2.24, 2.45) is 5.92 Å². The van der Waals surface area contributed by atoms with Crippen LogP contribution in [0.3, 0.4) is 0 Å². The maximum absolute atomic E-state index is 12.7. The summed E-state index contributed by atoms with van der Waals surface area (Å²) in [4.78, 5) is 28.5. The van der Waals surface area contributed by atoms with Gasteiger partial charge in [0.15, 0.2) is 0 Å². The summed E-state index contributed by atoms with van der Waals surface area (Å²) in [7, 11) is 0. The number of amides is 2. The average molecular weight is 282 g/mol. The van der Waals surface area contributed by atoms with Gasteiger partial charge in [-0.25, -0.2) is 0 Å². The molecule has 0 aromatic carbocycles. The Morgan fingerprint density at radius 2 is 2.26 bits per heavy atom. The fourth-order valence-electron chi connectivity index (χ4n) is 3.60. The molecule has 3 aliphatic heterocycles. The maximum Gasteiger partial charge on any atom is 0.246 e. The molecule has 3 atom stereocenters. The molecule has 3 unspecified atom stereocenters. The Balaban J connectivity index is 1.75. The molecule has 0 radical (unpaired) electrons. The first-order valence-electron chi connectivity index (χ1n) is 7.26. The van der Waals surface area contributed by atoms with Crippen molar-refractivity contribution in [2.75, 3.05) is 18.8 Å². The summed E-state index contributed by atoms with van der Waals surface area (Å²) in [5.74, 6) is 1.70. The summed E-state index contributed by atoms with van der Waals surface area (Å²) in [5, 5.41) is 0. The second-order valence-corrected chi connectivity index (χ2v) is 7.80. The standard InChI is InChI=1S/C14H22N2O2S/c1-10-4-3-7-15(8-10)13(18)11-9-19-14(2)6-5-12(17)16(11)14/h10-11H,3-9H2,1-2H3. The topological polar surface area (TPSA) is 40.6 Å². The lowest BCUT2D eigenvalue weighted by atomic mass is 9.99. The Hall–Kier alpha value is -0.710. The van der Waals surface area contributed by atoms with E-state index in [9.17, 15) is 9.59 Å². The Morgan fingerprint density at radius 1 is 1.47 bits per heavy atom. The van der Waals surface area contributed by atoms with Gasteiger partial charge in [0.2, 0.25) is 11.8 Å². The van der Waals surface area contributed by atoms with Gasteiger partial charge in [0.05, 0.1) is 4.87 Å². The molecule has 4 nitrogen and oxygen atoms in total. The minimum Gasteiger partial charge on any atom is -0.341 e. The molecule has 0 aromatic rings. The van der Waals surface area contributed by atoms with Gasteiger partial charge in [0.1, 0.15) is 6.04 Å². The summed E-state index contributed by atoms with van der Waals surface area (Å²) >= 11 is 1.78. The molecule has 3 heterocycles. The fraction of sp³-hybridized carbons (Fsp3) is 0.857. The predicted octanol–water partition coefficient (Wildman–Crippen LogP) is 1.70. The van der Waals surface area contributed by atoms with Gasteiger partial charge in [-0.1, -0.05) is 6.92 Å². The number of fused-ring (bicyclic) bond motifs is 1. The van der Waals surface area contributed by atoms with E-state index in [0.29, 0.717) is 12.3 Å². The molecular formula is C14H22N2O2S. The molecule has 0 saturated carbocycles. The first kappa shape index (κ1) is 13.3.